The van der Waals surface area contributed by atoms with Gasteiger partial charge in [-0.1, -0.05) is 30.3 Å². The van der Waals surface area contributed by atoms with Crippen LogP contribution in [0, 0.1) is 5.92 Å². The zero-order valence-corrected chi connectivity index (χ0v) is 13.3. The predicted octanol–water partition coefficient (Wildman–Crippen LogP) is 4.52. The lowest BCUT2D eigenvalue weighted by atomic mass is 10.0. The maximum atomic E-state index is 6.09. The lowest BCUT2D eigenvalue weighted by Crippen LogP contribution is -2.35. The minimum atomic E-state index is 0.102. The van der Waals surface area contributed by atoms with Gasteiger partial charge in [-0.05, 0) is 56.4 Å². The van der Waals surface area contributed by atoms with Crippen molar-refractivity contribution in [2.45, 2.75) is 45.7 Å². The molecule has 0 radical (unpaired) electrons. The fourth-order valence-corrected chi connectivity index (χ4v) is 2.48. The van der Waals surface area contributed by atoms with Crippen molar-refractivity contribution in [1.82, 2.24) is 5.32 Å². The van der Waals surface area contributed by atoms with Gasteiger partial charge in [-0.2, -0.15) is 0 Å². The third-order valence-corrected chi connectivity index (χ3v) is 3.96. The summed E-state index contributed by atoms with van der Waals surface area (Å²) >= 11 is 0. The second-order valence-corrected chi connectivity index (χ2v) is 7.12. The van der Waals surface area contributed by atoms with Crippen LogP contribution in [0.5, 0.6) is 5.75 Å². The Morgan fingerprint density at radius 3 is 2.57 bits per heavy atom. The van der Waals surface area contributed by atoms with Gasteiger partial charge in [0.1, 0.15) is 5.75 Å². The number of rotatable bonds is 5. The fourth-order valence-electron chi connectivity index (χ4n) is 2.48. The van der Waals surface area contributed by atoms with Gasteiger partial charge >= 0.3 is 0 Å². The van der Waals surface area contributed by atoms with Crippen molar-refractivity contribution in [2.24, 2.45) is 5.92 Å². The molecule has 1 saturated carbocycles. The molecule has 112 valence electrons. The number of fused-ring (bicyclic) bond motifs is 1. The SMILES string of the molecule is CC(C)(C)NCc1c(OCC2CC2)ccc2ccccc12. The molecule has 0 unspecified atom stereocenters. The molecule has 1 fully saturated rings. The van der Waals surface area contributed by atoms with E-state index in [9.17, 15) is 0 Å². The van der Waals surface area contributed by atoms with E-state index in [1.165, 1.54) is 29.2 Å². The van der Waals surface area contributed by atoms with Crippen LogP contribution < -0.4 is 10.1 Å². The first-order valence-corrected chi connectivity index (χ1v) is 7.91. The van der Waals surface area contributed by atoms with E-state index in [4.69, 9.17) is 4.74 Å². The van der Waals surface area contributed by atoms with Crippen LogP contribution in [0.4, 0.5) is 0 Å². The first kappa shape index (κ1) is 14.4. The van der Waals surface area contributed by atoms with E-state index in [2.05, 4.69) is 62.5 Å². The molecule has 0 amide bonds. The lowest BCUT2D eigenvalue weighted by Gasteiger charge is -2.22. The Morgan fingerprint density at radius 2 is 1.86 bits per heavy atom. The lowest BCUT2D eigenvalue weighted by molar-refractivity contribution is 0.295. The third kappa shape index (κ3) is 3.76. The van der Waals surface area contributed by atoms with Crippen LogP contribution >= 0.6 is 0 Å². The van der Waals surface area contributed by atoms with E-state index in [-0.39, 0.29) is 5.54 Å². The smallest absolute Gasteiger partial charge is 0.124 e. The van der Waals surface area contributed by atoms with Crippen LogP contribution in [0.3, 0.4) is 0 Å². The van der Waals surface area contributed by atoms with Gasteiger partial charge in [0.2, 0.25) is 0 Å². The molecular weight excluding hydrogens is 258 g/mol. The molecule has 0 aromatic heterocycles. The Morgan fingerprint density at radius 1 is 1.10 bits per heavy atom. The van der Waals surface area contributed by atoms with Crippen LogP contribution in [0.2, 0.25) is 0 Å². The highest BCUT2D eigenvalue weighted by molar-refractivity contribution is 5.87. The average Bonchev–Trinajstić information content (AvgIpc) is 3.26. The van der Waals surface area contributed by atoms with E-state index in [1.54, 1.807) is 0 Å². The van der Waals surface area contributed by atoms with E-state index >= 15 is 0 Å². The third-order valence-electron chi connectivity index (χ3n) is 3.96. The molecule has 0 saturated heterocycles. The number of hydrogen-bond donors (Lipinski definition) is 1. The number of nitrogens with one attached hydrogen (secondary N) is 1. The molecule has 1 aliphatic carbocycles. The van der Waals surface area contributed by atoms with Gasteiger partial charge in [-0.3, -0.25) is 0 Å². The molecule has 0 atom stereocenters. The van der Waals surface area contributed by atoms with E-state index < -0.39 is 0 Å². The molecular formula is C19H25NO. The van der Waals surface area contributed by atoms with Crippen molar-refractivity contribution < 1.29 is 4.74 Å². The van der Waals surface area contributed by atoms with Crippen LogP contribution in [-0.4, -0.2) is 12.1 Å². The Balaban J connectivity index is 1.91. The van der Waals surface area contributed by atoms with Crippen molar-refractivity contribution in [3.63, 3.8) is 0 Å². The van der Waals surface area contributed by atoms with Gasteiger partial charge in [-0.25, -0.2) is 0 Å². The number of benzene rings is 2. The summed E-state index contributed by atoms with van der Waals surface area (Å²) in [7, 11) is 0. The van der Waals surface area contributed by atoms with Gasteiger partial charge in [0.05, 0.1) is 6.61 Å². The van der Waals surface area contributed by atoms with Crippen molar-refractivity contribution in [1.29, 1.82) is 0 Å². The van der Waals surface area contributed by atoms with E-state index in [0.29, 0.717) is 0 Å². The second-order valence-electron chi connectivity index (χ2n) is 7.12. The topological polar surface area (TPSA) is 21.3 Å². The number of hydrogen-bond acceptors (Lipinski definition) is 2. The molecule has 2 aromatic rings. The summed E-state index contributed by atoms with van der Waals surface area (Å²) in [6.07, 6.45) is 2.65. The van der Waals surface area contributed by atoms with E-state index in [0.717, 1.165) is 24.8 Å². The molecule has 0 spiro atoms. The molecule has 1 aliphatic rings. The van der Waals surface area contributed by atoms with Crippen molar-refractivity contribution in [3.8, 4) is 5.75 Å². The van der Waals surface area contributed by atoms with Gasteiger partial charge in [-0.15, -0.1) is 0 Å². The molecule has 0 bridgehead atoms. The molecule has 0 aliphatic heterocycles. The van der Waals surface area contributed by atoms with Gasteiger partial charge in [0, 0.05) is 17.6 Å². The molecule has 1 N–H and O–H groups in total. The van der Waals surface area contributed by atoms with Crippen molar-refractivity contribution in [2.75, 3.05) is 6.61 Å². The van der Waals surface area contributed by atoms with Gasteiger partial charge < -0.3 is 10.1 Å². The summed E-state index contributed by atoms with van der Waals surface area (Å²) in [5.41, 5.74) is 1.38. The normalized spacial score (nSPS) is 15.4. The van der Waals surface area contributed by atoms with Crippen molar-refractivity contribution in [3.05, 3.63) is 42.0 Å². The summed E-state index contributed by atoms with van der Waals surface area (Å²) < 4.78 is 6.09. The van der Waals surface area contributed by atoms with Crippen LogP contribution in [0.15, 0.2) is 36.4 Å². The summed E-state index contributed by atoms with van der Waals surface area (Å²) in [5.74, 6) is 1.82. The quantitative estimate of drug-likeness (QED) is 0.871. The highest BCUT2D eigenvalue weighted by Gasteiger charge is 2.23. The average molecular weight is 283 g/mol. The molecule has 2 nitrogen and oxygen atoms in total. The first-order chi connectivity index (χ1) is 10.0. The Hall–Kier alpha value is -1.54. The van der Waals surface area contributed by atoms with Gasteiger partial charge in [0.15, 0.2) is 0 Å². The maximum absolute atomic E-state index is 6.09. The summed E-state index contributed by atoms with van der Waals surface area (Å²) in [4.78, 5) is 0. The molecule has 2 heteroatoms. The Bertz CT molecular complexity index is 623. The highest BCUT2D eigenvalue weighted by Crippen LogP contribution is 2.33. The van der Waals surface area contributed by atoms with Crippen LogP contribution in [0.25, 0.3) is 10.8 Å². The minimum absolute atomic E-state index is 0.102. The highest BCUT2D eigenvalue weighted by atomic mass is 16.5. The van der Waals surface area contributed by atoms with Gasteiger partial charge in [0.25, 0.3) is 0 Å². The standard InChI is InChI=1S/C19H25NO/c1-19(2,3)20-12-17-16-7-5-4-6-15(16)10-11-18(17)21-13-14-8-9-14/h4-7,10-11,14,20H,8-9,12-13H2,1-3H3. The second kappa shape index (κ2) is 5.69. The molecule has 3 rings (SSSR count). The van der Waals surface area contributed by atoms with Crippen LogP contribution in [0.1, 0.15) is 39.2 Å². The van der Waals surface area contributed by atoms with Crippen molar-refractivity contribution >= 4 is 10.8 Å². The zero-order valence-electron chi connectivity index (χ0n) is 13.3. The van der Waals surface area contributed by atoms with E-state index in [1.807, 2.05) is 0 Å². The molecule has 21 heavy (non-hydrogen) atoms. The molecule has 0 heterocycles. The fraction of sp³-hybridized carbons (Fsp3) is 0.474. The maximum Gasteiger partial charge on any atom is 0.124 e. The predicted molar refractivity (Wildman–Crippen MR) is 88.8 cm³/mol. The largest absolute Gasteiger partial charge is 0.493 e. The minimum Gasteiger partial charge on any atom is -0.493 e. The summed E-state index contributed by atoms with van der Waals surface area (Å²) in [5, 5.41) is 6.17. The Labute approximate surface area is 127 Å². The zero-order chi connectivity index (χ0) is 14.9. The van der Waals surface area contributed by atoms with Crippen LogP contribution in [-0.2, 0) is 6.54 Å². The summed E-state index contributed by atoms with van der Waals surface area (Å²) in [6, 6.07) is 12.9. The molecule has 2 aromatic carbocycles. The monoisotopic (exact) mass is 283 g/mol. The first-order valence-electron chi connectivity index (χ1n) is 7.91. The number of ether oxygens (including phenoxy) is 1. The Kier molecular flexibility index (Phi) is 3.90. The summed E-state index contributed by atoms with van der Waals surface area (Å²) in [6.45, 7) is 8.29.